The predicted molar refractivity (Wildman–Crippen MR) is 116 cm³/mol. The van der Waals surface area contributed by atoms with Gasteiger partial charge < -0.3 is 15.4 Å². The van der Waals surface area contributed by atoms with Crippen LogP contribution in [0.4, 0.5) is 10.8 Å². The van der Waals surface area contributed by atoms with Crippen molar-refractivity contribution in [1.29, 1.82) is 0 Å². The number of ether oxygens (including phenoxy) is 1. The van der Waals surface area contributed by atoms with Crippen molar-refractivity contribution in [2.24, 2.45) is 11.8 Å². The minimum atomic E-state index is -0.206. The number of nitrogens with zero attached hydrogens (tertiary/aromatic N) is 2. The van der Waals surface area contributed by atoms with Crippen LogP contribution in [0.15, 0.2) is 28.6 Å². The van der Waals surface area contributed by atoms with E-state index in [2.05, 4.69) is 34.7 Å². The van der Waals surface area contributed by atoms with Gasteiger partial charge in [0, 0.05) is 17.8 Å². The van der Waals surface area contributed by atoms with E-state index in [9.17, 15) is 4.79 Å². The molecule has 0 bridgehead atoms. The molecule has 3 rings (SSSR count). The third kappa shape index (κ3) is 5.38. The molecule has 0 spiro atoms. The molecule has 1 amide bonds. The monoisotopic (exact) mass is 420 g/mol. The van der Waals surface area contributed by atoms with E-state index < -0.39 is 0 Å². The van der Waals surface area contributed by atoms with E-state index in [0.29, 0.717) is 17.0 Å². The summed E-state index contributed by atoms with van der Waals surface area (Å²) in [5.41, 5.74) is 0.887. The summed E-state index contributed by atoms with van der Waals surface area (Å²) in [7, 11) is 1.64. The molecule has 0 aliphatic heterocycles. The molecule has 1 aliphatic rings. The Labute approximate surface area is 174 Å². The average Bonchev–Trinajstić information content (AvgIpc) is 3.12. The average molecular weight is 421 g/mol. The van der Waals surface area contributed by atoms with Gasteiger partial charge in [-0.3, -0.25) is 4.79 Å². The standard InChI is InChI=1S/C20H28N4O2S2/c1-12-7-5-10-17(13(12)2)22-18(25)14(3)27-20-24-23-19(28-20)21-15-8-6-9-16(11-15)26-4/h6,8-9,11-14,17H,5,7,10H2,1-4H3,(H,21,23)(H,22,25)/t12-,13+,14-,17+/m1/s1. The van der Waals surface area contributed by atoms with Gasteiger partial charge in [-0.1, -0.05) is 55.9 Å². The number of amides is 1. The van der Waals surface area contributed by atoms with Crippen LogP contribution in [-0.2, 0) is 4.79 Å². The Morgan fingerprint density at radius 3 is 2.93 bits per heavy atom. The molecular formula is C20H28N4O2S2. The third-order valence-electron chi connectivity index (χ3n) is 5.41. The Balaban J connectivity index is 1.54. The SMILES string of the molecule is COc1cccc(Nc2nnc(S[C@H](C)C(=O)N[C@H]3CCC[C@@H](C)[C@@H]3C)s2)c1. The number of carbonyl (C=O) groups is 1. The van der Waals surface area contributed by atoms with Crippen LogP contribution in [0.5, 0.6) is 5.75 Å². The number of nitrogens with one attached hydrogen (secondary N) is 2. The van der Waals surface area contributed by atoms with E-state index in [1.165, 1.54) is 35.9 Å². The molecule has 0 radical (unpaired) electrons. The van der Waals surface area contributed by atoms with Crippen molar-refractivity contribution in [3.05, 3.63) is 24.3 Å². The maximum absolute atomic E-state index is 12.6. The minimum Gasteiger partial charge on any atom is -0.497 e. The van der Waals surface area contributed by atoms with E-state index in [1.54, 1.807) is 7.11 Å². The number of aromatic nitrogens is 2. The predicted octanol–water partition coefficient (Wildman–Crippen LogP) is 4.71. The molecule has 2 N–H and O–H groups in total. The van der Waals surface area contributed by atoms with Gasteiger partial charge >= 0.3 is 0 Å². The van der Waals surface area contributed by atoms with Crippen molar-refractivity contribution in [1.82, 2.24) is 15.5 Å². The van der Waals surface area contributed by atoms with Crippen molar-refractivity contribution in [3.63, 3.8) is 0 Å². The van der Waals surface area contributed by atoms with Gasteiger partial charge in [0.15, 0.2) is 4.34 Å². The first-order chi connectivity index (χ1) is 13.5. The lowest BCUT2D eigenvalue weighted by Gasteiger charge is -2.35. The number of hydrogen-bond donors (Lipinski definition) is 2. The summed E-state index contributed by atoms with van der Waals surface area (Å²) < 4.78 is 6.01. The van der Waals surface area contributed by atoms with Gasteiger partial charge in [0.05, 0.1) is 12.4 Å². The number of hydrogen-bond acceptors (Lipinski definition) is 7. The Hall–Kier alpha value is -1.80. The van der Waals surface area contributed by atoms with Crippen molar-refractivity contribution in [2.45, 2.75) is 55.7 Å². The molecular weight excluding hydrogens is 392 g/mol. The van der Waals surface area contributed by atoms with Gasteiger partial charge in [0.2, 0.25) is 11.0 Å². The normalized spacial score (nSPS) is 23.1. The highest BCUT2D eigenvalue weighted by Crippen LogP contribution is 2.32. The van der Waals surface area contributed by atoms with E-state index in [0.717, 1.165) is 22.2 Å². The summed E-state index contributed by atoms with van der Waals surface area (Å²) in [5, 5.41) is 15.4. The fourth-order valence-corrected chi connectivity index (χ4v) is 5.35. The molecule has 28 heavy (non-hydrogen) atoms. The largest absolute Gasteiger partial charge is 0.497 e. The molecule has 2 aromatic rings. The minimum absolute atomic E-state index is 0.0773. The van der Waals surface area contributed by atoms with E-state index >= 15 is 0 Å². The summed E-state index contributed by atoms with van der Waals surface area (Å²) in [4.78, 5) is 12.6. The fraction of sp³-hybridized carbons (Fsp3) is 0.550. The van der Waals surface area contributed by atoms with Crippen molar-refractivity contribution >= 4 is 39.8 Å². The zero-order chi connectivity index (χ0) is 20.1. The van der Waals surface area contributed by atoms with Gasteiger partial charge in [-0.25, -0.2) is 0 Å². The molecule has 6 nitrogen and oxygen atoms in total. The number of methoxy groups -OCH3 is 1. The first-order valence-electron chi connectivity index (χ1n) is 9.68. The molecule has 4 atom stereocenters. The second-order valence-corrected chi connectivity index (χ2v) is 9.94. The highest BCUT2D eigenvalue weighted by Gasteiger charge is 2.29. The van der Waals surface area contributed by atoms with E-state index in [4.69, 9.17) is 4.74 Å². The lowest BCUT2D eigenvalue weighted by atomic mass is 9.78. The molecule has 8 heteroatoms. The molecule has 152 valence electrons. The second-order valence-electron chi connectivity index (χ2n) is 7.37. The van der Waals surface area contributed by atoms with Crippen LogP contribution >= 0.6 is 23.1 Å². The maximum Gasteiger partial charge on any atom is 0.233 e. The first kappa shape index (κ1) is 20.9. The molecule has 1 aromatic carbocycles. The quantitative estimate of drug-likeness (QED) is 0.632. The van der Waals surface area contributed by atoms with Crippen LogP contribution in [0.2, 0.25) is 0 Å². The van der Waals surface area contributed by atoms with Crippen LogP contribution in [0.3, 0.4) is 0 Å². The Bertz CT molecular complexity index is 798. The molecule has 1 saturated carbocycles. The molecule has 1 heterocycles. The van der Waals surface area contributed by atoms with Crippen molar-refractivity contribution in [2.75, 3.05) is 12.4 Å². The van der Waals surface area contributed by atoms with Crippen LogP contribution in [0, 0.1) is 11.8 Å². The number of benzene rings is 1. The van der Waals surface area contributed by atoms with Gasteiger partial charge in [0.1, 0.15) is 5.75 Å². The van der Waals surface area contributed by atoms with E-state index in [-0.39, 0.29) is 17.2 Å². The molecule has 0 saturated heterocycles. The van der Waals surface area contributed by atoms with Crippen LogP contribution in [0.25, 0.3) is 0 Å². The maximum atomic E-state index is 12.6. The Kier molecular flexibility index (Phi) is 7.18. The molecule has 1 fully saturated rings. The highest BCUT2D eigenvalue weighted by atomic mass is 32.2. The van der Waals surface area contributed by atoms with Gasteiger partial charge in [-0.15, -0.1) is 10.2 Å². The van der Waals surface area contributed by atoms with Crippen LogP contribution in [-0.4, -0.2) is 34.5 Å². The van der Waals surface area contributed by atoms with Crippen LogP contribution < -0.4 is 15.4 Å². The van der Waals surface area contributed by atoms with E-state index in [1.807, 2.05) is 31.2 Å². The second kappa shape index (κ2) is 9.60. The summed E-state index contributed by atoms with van der Waals surface area (Å²) in [6.07, 6.45) is 3.52. The zero-order valence-corrected chi connectivity index (χ0v) is 18.4. The Morgan fingerprint density at radius 1 is 1.32 bits per heavy atom. The van der Waals surface area contributed by atoms with Crippen molar-refractivity contribution < 1.29 is 9.53 Å². The molecule has 1 aliphatic carbocycles. The Morgan fingerprint density at radius 2 is 2.14 bits per heavy atom. The number of anilines is 2. The van der Waals surface area contributed by atoms with Gasteiger partial charge in [-0.2, -0.15) is 0 Å². The number of carbonyl (C=O) groups excluding carboxylic acids is 1. The summed E-state index contributed by atoms with van der Waals surface area (Å²) in [5.74, 6) is 2.04. The molecule has 1 aromatic heterocycles. The third-order valence-corrected chi connectivity index (χ3v) is 7.43. The summed E-state index contributed by atoms with van der Waals surface area (Å²) >= 11 is 2.89. The molecule has 0 unspecified atom stereocenters. The lowest BCUT2D eigenvalue weighted by Crippen LogP contribution is -2.46. The highest BCUT2D eigenvalue weighted by molar-refractivity contribution is 8.02. The van der Waals surface area contributed by atoms with Gasteiger partial charge in [-0.05, 0) is 37.3 Å². The zero-order valence-electron chi connectivity index (χ0n) is 16.8. The summed E-state index contributed by atoms with van der Waals surface area (Å²) in [6, 6.07) is 7.92. The van der Waals surface area contributed by atoms with Crippen LogP contribution in [0.1, 0.15) is 40.0 Å². The summed E-state index contributed by atoms with van der Waals surface area (Å²) in [6.45, 7) is 6.45. The number of rotatable bonds is 7. The van der Waals surface area contributed by atoms with Crippen molar-refractivity contribution in [3.8, 4) is 5.75 Å². The smallest absolute Gasteiger partial charge is 0.233 e. The topological polar surface area (TPSA) is 76.1 Å². The first-order valence-corrected chi connectivity index (χ1v) is 11.4. The fourth-order valence-electron chi connectivity index (χ4n) is 3.42. The number of thioether (sulfide) groups is 1. The lowest BCUT2D eigenvalue weighted by molar-refractivity contribution is -0.121. The van der Waals surface area contributed by atoms with Gasteiger partial charge in [0.25, 0.3) is 0 Å².